The molecule has 1 aromatic heterocycles. The fourth-order valence-corrected chi connectivity index (χ4v) is 4.61. The zero-order valence-electron chi connectivity index (χ0n) is 19.7. The molecule has 1 atom stereocenters. The van der Waals surface area contributed by atoms with E-state index in [1.54, 1.807) is 36.7 Å². The van der Waals surface area contributed by atoms with E-state index in [1.165, 1.54) is 4.90 Å². The lowest BCUT2D eigenvalue weighted by Crippen LogP contribution is -2.29. The molecule has 7 heteroatoms. The minimum Gasteiger partial charge on any atom is -0.507 e. The highest BCUT2D eigenvalue weighted by Crippen LogP contribution is 2.41. The van der Waals surface area contributed by atoms with Gasteiger partial charge in [-0.2, -0.15) is 0 Å². The number of aliphatic hydroxyl groups is 1. The Balaban J connectivity index is 1.78. The third-order valence-electron chi connectivity index (χ3n) is 5.98. The molecule has 6 nitrogen and oxygen atoms in total. The molecule has 1 fully saturated rings. The SMILES string of the molecule is CCCCOc1ccc(/C(O)=C2\C(=O)C(=O)N(Cc3cccnc3)[C@H]2c2cccc(Br)c2)cc1C. The van der Waals surface area contributed by atoms with Gasteiger partial charge in [-0.15, -0.1) is 0 Å². The Kier molecular flexibility index (Phi) is 7.66. The van der Waals surface area contributed by atoms with E-state index in [-0.39, 0.29) is 17.9 Å². The average molecular weight is 535 g/mol. The first-order valence-electron chi connectivity index (χ1n) is 11.6. The van der Waals surface area contributed by atoms with E-state index in [2.05, 4.69) is 27.8 Å². The van der Waals surface area contributed by atoms with Gasteiger partial charge in [0.25, 0.3) is 11.7 Å². The van der Waals surface area contributed by atoms with E-state index >= 15 is 0 Å². The second kappa shape index (κ2) is 10.9. The molecule has 0 aliphatic carbocycles. The fourth-order valence-electron chi connectivity index (χ4n) is 4.20. The second-order valence-electron chi connectivity index (χ2n) is 8.53. The van der Waals surface area contributed by atoms with Gasteiger partial charge in [0.1, 0.15) is 11.5 Å². The summed E-state index contributed by atoms with van der Waals surface area (Å²) in [4.78, 5) is 32.0. The minimum absolute atomic E-state index is 0.0658. The van der Waals surface area contributed by atoms with Crippen molar-refractivity contribution in [2.24, 2.45) is 0 Å². The van der Waals surface area contributed by atoms with E-state index < -0.39 is 17.7 Å². The molecule has 180 valence electrons. The summed E-state index contributed by atoms with van der Waals surface area (Å²) >= 11 is 3.48. The molecule has 0 spiro atoms. The molecule has 0 saturated carbocycles. The number of amides is 1. The first-order chi connectivity index (χ1) is 16.9. The number of likely N-dealkylation sites (tertiary alicyclic amines) is 1. The van der Waals surface area contributed by atoms with Crippen LogP contribution < -0.4 is 4.74 Å². The Hall–Kier alpha value is -3.45. The number of aliphatic hydroxyl groups excluding tert-OH is 1. The summed E-state index contributed by atoms with van der Waals surface area (Å²) in [5.74, 6) is -0.838. The van der Waals surface area contributed by atoms with E-state index in [0.29, 0.717) is 12.2 Å². The minimum atomic E-state index is -0.742. The summed E-state index contributed by atoms with van der Waals surface area (Å²) < 4.78 is 6.64. The zero-order chi connectivity index (χ0) is 24.9. The number of benzene rings is 2. The van der Waals surface area contributed by atoms with Gasteiger partial charge in [0, 0.05) is 29.0 Å². The second-order valence-corrected chi connectivity index (χ2v) is 9.44. The quantitative estimate of drug-likeness (QED) is 0.167. The molecule has 0 radical (unpaired) electrons. The smallest absolute Gasteiger partial charge is 0.295 e. The van der Waals surface area contributed by atoms with E-state index in [4.69, 9.17) is 4.74 Å². The third kappa shape index (κ3) is 5.30. The van der Waals surface area contributed by atoms with Crippen LogP contribution in [-0.4, -0.2) is 33.3 Å². The summed E-state index contributed by atoms with van der Waals surface area (Å²) in [5.41, 5.74) is 2.88. The van der Waals surface area contributed by atoms with E-state index in [9.17, 15) is 14.7 Å². The Morgan fingerprint density at radius 3 is 2.66 bits per heavy atom. The number of ketones is 1. The van der Waals surface area contributed by atoms with Crippen LogP contribution >= 0.6 is 15.9 Å². The Morgan fingerprint density at radius 2 is 1.97 bits per heavy atom. The van der Waals surface area contributed by atoms with Crippen LogP contribution in [-0.2, 0) is 16.1 Å². The van der Waals surface area contributed by atoms with Crippen LogP contribution in [0, 0.1) is 6.92 Å². The van der Waals surface area contributed by atoms with Crippen LogP contribution in [0.25, 0.3) is 5.76 Å². The molecule has 3 aromatic rings. The van der Waals surface area contributed by atoms with Gasteiger partial charge in [-0.25, -0.2) is 0 Å². The highest BCUT2D eigenvalue weighted by atomic mass is 79.9. The summed E-state index contributed by atoms with van der Waals surface area (Å²) in [5, 5.41) is 11.3. The molecule has 4 rings (SSSR count). The van der Waals surface area contributed by atoms with Gasteiger partial charge in [0.2, 0.25) is 0 Å². The van der Waals surface area contributed by atoms with Gasteiger partial charge in [-0.05, 0) is 66.4 Å². The molecule has 35 heavy (non-hydrogen) atoms. The summed E-state index contributed by atoms with van der Waals surface area (Å²) in [6.07, 6.45) is 5.31. The van der Waals surface area contributed by atoms with Gasteiger partial charge < -0.3 is 14.7 Å². The van der Waals surface area contributed by atoms with Crippen LogP contribution in [0.5, 0.6) is 5.75 Å². The largest absolute Gasteiger partial charge is 0.507 e. The molecule has 0 bridgehead atoms. The van der Waals surface area contributed by atoms with Crippen molar-refractivity contribution in [3.8, 4) is 5.75 Å². The first-order valence-corrected chi connectivity index (χ1v) is 12.4. The lowest BCUT2D eigenvalue weighted by molar-refractivity contribution is -0.140. The van der Waals surface area contributed by atoms with Crippen molar-refractivity contribution in [2.75, 3.05) is 6.61 Å². The van der Waals surface area contributed by atoms with Crippen LogP contribution in [0.3, 0.4) is 0 Å². The molecule has 0 unspecified atom stereocenters. The van der Waals surface area contributed by atoms with Crippen LogP contribution in [0.2, 0.25) is 0 Å². The van der Waals surface area contributed by atoms with Crippen molar-refractivity contribution in [2.45, 2.75) is 39.3 Å². The first kappa shape index (κ1) is 24.7. The molecule has 2 heterocycles. The highest BCUT2D eigenvalue weighted by Gasteiger charge is 2.46. The average Bonchev–Trinajstić information content (AvgIpc) is 3.10. The molecular formula is C28H27BrN2O4. The maximum atomic E-state index is 13.3. The summed E-state index contributed by atoms with van der Waals surface area (Å²) in [6.45, 7) is 4.80. The van der Waals surface area contributed by atoms with Crippen molar-refractivity contribution in [1.82, 2.24) is 9.88 Å². The van der Waals surface area contributed by atoms with Crippen LogP contribution in [0.1, 0.15) is 48.1 Å². The lowest BCUT2D eigenvalue weighted by atomic mass is 9.94. The zero-order valence-corrected chi connectivity index (χ0v) is 21.3. The molecule has 1 N–H and O–H groups in total. The molecule has 1 saturated heterocycles. The van der Waals surface area contributed by atoms with Gasteiger partial charge in [0.15, 0.2) is 0 Å². The van der Waals surface area contributed by atoms with E-state index in [1.807, 2.05) is 37.3 Å². The monoisotopic (exact) mass is 534 g/mol. The number of rotatable bonds is 8. The normalized spacial score (nSPS) is 17.1. The predicted octanol–water partition coefficient (Wildman–Crippen LogP) is 5.95. The number of carbonyl (C=O) groups excluding carboxylic acids is 2. The maximum Gasteiger partial charge on any atom is 0.295 e. The van der Waals surface area contributed by atoms with Crippen LogP contribution in [0.4, 0.5) is 0 Å². The number of hydrogen-bond acceptors (Lipinski definition) is 5. The fraction of sp³-hybridized carbons (Fsp3) is 0.250. The summed E-state index contributed by atoms with van der Waals surface area (Å²) in [6, 6.07) is 15.6. The van der Waals surface area contributed by atoms with Gasteiger partial charge in [-0.1, -0.05) is 47.5 Å². The number of halogens is 1. The van der Waals surface area contributed by atoms with Gasteiger partial charge >= 0.3 is 0 Å². The molecular weight excluding hydrogens is 508 g/mol. The number of unbranched alkanes of at least 4 members (excludes halogenated alkanes) is 1. The number of aromatic nitrogens is 1. The number of Topliss-reactive ketones (excluding diaryl/α,β-unsaturated/α-hetero) is 1. The number of pyridine rings is 1. The van der Waals surface area contributed by atoms with Crippen LogP contribution in [0.15, 0.2) is 77.0 Å². The third-order valence-corrected chi connectivity index (χ3v) is 6.48. The number of hydrogen-bond donors (Lipinski definition) is 1. The van der Waals surface area contributed by atoms with Crippen molar-refractivity contribution in [3.63, 3.8) is 0 Å². The van der Waals surface area contributed by atoms with Crippen molar-refractivity contribution < 1.29 is 19.4 Å². The van der Waals surface area contributed by atoms with Gasteiger partial charge in [-0.3, -0.25) is 14.6 Å². The number of aryl methyl sites for hydroxylation is 1. The van der Waals surface area contributed by atoms with E-state index in [0.717, 1.165) is 39.8 Å². The Labute approximate surface area is 213 Å². The molecule has 1 aliphatic heterocycles. The number of ether oxygens (including phenoxy) is 1. The predicted molar refractivity (Wildman–Crippen MR) is 138 cm³/mol. The van der Waals surface area contributed by atoms with Gasteiger partial charge in [0.05, 0.1) is 18.2 Å². The molecule has 1 aliphatic rings. The van der Waals surface area contributed by atoms with Crippen molar-refractivity contribution in [3.05, 3.63) is 99.3 Å². The van der Waals surface area contributed by atoms with Crippen molar-refractivity contribution in [1.29, 1.82) is 0 Å². The summed E-state index contributed by atoms with van der Waals surface area (Å²) in [7, 11) is 0. The Morgan fingerprint density at radius 1 is 1.14 bits per heavy atom. The standard InChI is InChI=1S/C28H27BrN2O4/c1-3-4-13-35-23-11-10-21(14-18(23)2)26(32)24-25(20-8-5-9-22(29)15-20)31(28(34)27(24)33)17-19-7-6-12-30-16-19/h5-12,14-16,25,32H,3-4,13,17H2,1-2H3/b26-24+/t25-/m0/s1. The lowest BCUT2D eigenvalue weighted by Gasteiger charge is -2.25. The highest BCUT2D eigenvalue weighted by molar-refractivity contribution is 9.10. The number of carbonyl (C=O) groups is 2. The topological polar surface area (TPSA) is 79.7 Å². The number of nitrogens with zero attached hydrogens (tertiary/aromatic N) is 2. The Bertz CT molecular complexity index is 1270. The van der Waals surface area contributed by atoms with Crippen molar-refractivity contribution >= 4 is 33.4 Å². The maximum absolute atomic E-state index is 13.3. The molecule has 2 aromatic carbocycles. The molecule has 1 amide bonds.